The van der Waals surface area contributed by atoms with E-state index >= 15 is 0 Å². The average Bonchev–Trinajstić information content (AvgIpc) is 3.50. The van der Waals surface area contributed by atoms with E-state index in [9.17, 15) is 14.4 Å². The van der Waals surface area contributed by atoms with Crippen LogP contribution in [0.2, 0.25) is 0 Å². The number of hydrogen-bond acceptors (Lipinski definition) is 6. The van der Waals surface area contributed by atoms with E-state index in [1.165, 1.54) is 6.42 Å². The predicted octanol–water partition coefficient (Wildman–Crippen LogP) is 3.19. The molecule has 0 bridgehead atoms. The summed E-state index contributed by atoms with van der Waals surface area (Å²) >= 11 is 0. The van der Waals surface area contributed by atoms with Crippen LogP contribution in [0.3, 0.4) is 0 Å². The number of ether oxygens (including phenoxy) is 1. The Balaban J connectivity index is 1.50. The van der Waals surface area contributed by atoms with Gasteiger partial charge in [0.15, 0.2) is 5.78 Å². The van der Waals surface area contributed by atoms with Crippen molar-refractivity contribution in [2.24, 2.45) is 17.6 Å². The van der Waals surface area contributed by atoms with Gasteiger partial charge in [0.05, 0.1) is 12.0 Å². The Kier molecular flexibility index (Phi) is 8.38. The zero-order valence-electron chi connectivity index (χ0n) is 23.1. The molecule has 1 aromatic rings. The maximum atomic E-state index is 14.5. The first-order valence-corrected chi connectivity index (χ1v) is 14.8. The van der Waals surface area contributed by atoms with Gasteiger partial charge in [-0.3, -0.25) is 19.3 Å². The smallest absolute Gasteiger partial charge is 0.249 e. The highest BCUT2D eigenvalue weighted by molar-refractivity contribution is 5.99. The van der Waals surface area contributed by atoms with E-state index in [-0.39, 0.29) is 36.2 Å². The fraction of sp³-hybridized carbons (Fsp3) is 0.700. The number of primary amides is 1. The molecule has 3 saturated heterocycles. The molecule has 0 spiro atoms. The van der Waals surface area contributed by atoms with Crippen molar-refractivity contribution < 1.29 is 19.1 Å². The van der Waals surface area contributed by atoms with Crippen molar-refractivity contribution in [3.05, 3.63) is 29.3 Å². The van der Waals surface area contributed by atoms with Crippen LogP contribution >= 0.6 is 0 Å². The lowest BCUT2D eigenvalue weighted by molar-refractivity contribution is -0.139. The number of nitrogens with two attached hydrogens (primary N) is 1. The summed E-state index contributed by atoms with van der Waals surface area (Å²) in [7, 11) is 0. The number of carbonyl (C=O) groups is 3. The van der Waals surface area contributed by atoms with Crippen LogP contribution in [0.5, 0.6) is 0 Å². The minimum Gasteiger partial charge on any atom is -0.369 e. The Morgan fingerprint density at radius 1 is 1.08 bits per heavy atom. The zero-order chi connectivity index (χ0) is 26.8. The summed E-state index contributed by atoms with van der Waals surface area (Å²) in [5.41, 5.74) is 8.12. The molecule has 8 heteroatoms. The Morgan fingerprint density at radius 3 is 2.47 bits per heavy atom. The molecule has 4 aliphatic rings. The van der Waals surface area contributed by atoms with E-state index in [0.717, 1.165) is 82.5 Å². The van der Waals surface area contributed by atoms with Gasteiger partial charge < -0.3 is 20.3 Å². The quantitative estimate of drug-likeness (QED) is 0.561. The van der Waals surface area contributed by atoms with Gasteiger partial charge in [-0.2, -0.15) is 0 Å². The molecule has 1 aliphatic carbocycles. The van der Waals surface area contributed by atoms with Crippen LogP contribution in [0.25, 0.3) is 0 Å². The predicted molar refractivity (Wildman–Crippen MR) is 147 cm³/mol. The zero-order valence-corrected chi connectivity index (χ0v) is 23.1. The number of benzene rings is 1. The summed E-state index contributed by atoms with van der Waals surface area (Å²) in [6, 6.07) is 5.35. The molecule has 208 valence electrons. The fourth-order valence-electron chi connectivity index (χ4n) is 7.35. The minimum absolute atomic E-state index is 0.00415. The van der Waals surface area contributed by atoms with Crippen molar-refractivity contribution >= 4 is 23.3 Å². The van der Waals surface area contributed by atoms with Crippen LogP contribution in [0.1, 0.15) is 80.6 Å². The molecule has 4 atom stereocenters. The molecule has 4 fully saturated rings. The molecule has 1 saturated carbocycles. The number of fused-ring (bicyclic) bond motifs is 1. The fourth-order valence-corrected chi connectivity index (χ4v) is 7.35. The highest BCUT2D eigenvalue weighted by Crippen LogP contribution is 2.43. The number of amides is 2. The molecule has 0 aromatic heterocycles. The third-order valence-electron chi connectivity index (χ3n) is 9.40. The van der Waals surface area contributed by atoms with E-state index in [1.54, 1.807) is 4.90 Å². The lowest BCUT2D eigenvalue weighted by Crippen LogP contribution is -2.47. The molecule has 3 aliphatic heterocycles. The highest BCUT2D eigenvalue weighted by atomic mass is 16.5. The number of anilines is 1. The van der Waals surface area contributed by atoms with Gasteiger partial charge in [0, 0.05) is 49.9 Å². The largest absolute Gasteiger partial charge is 0.369 e. The van der Waals surface area contributed by atoms with Gasteiger partial charge in [-0.15, -0.1) is 0 Å². The van der Waals surface area contributed by atoms with Crippen LogP contribution in [0, 0.1) is 11.8 Å². The molecule has 2 N–H and O–H groups in total. The van der Waals surface area contributed by atoms with Gasteiger partial charge in [-0.25, -0.2) is 0 Å². The molecule has 8 nitrogen and oxygen atoms in total. The molecule has 2 amide bonds. The Labute approximate surface area is 226 Å². The first-order chi connectivity index (χ1) is 18.4. The molecule has 3 heterocycles. The SMILES string of the molecule is CCCN1CCN(c2ccc(C(N)=O)c([C@@H](C(=O)N3C[C@@H](CC)[C@H]4OCC(=O)[C@H]43)C3CCCCC3)c2)CC1. The van der Waals surface area contributed by atoms with Gasteiger partial charge >= 0.3 is 0 Å². The third-order valence-corrected chi connectivity index (χ3v) is 9.40. The molecule has 38 heavy (non-hydrogen) atoms. The normalized spacial score (nSPS) is 27.5. The molecule has 1 aromatic carbocycles. The number of nitrogens with zero attached hydrogens (tertiary/aromatic N) is 3. The monoisotopic (exact) mass is 524 g/mol. The van der Waals surface area contributed by atoms with Crippen LogP contribution in [-0.2, 0) is 14.3 Å². The van der Waals surface area contributed by atoms with Gasteiger partial charge in [-0.05, 0) is 61.9 Å². The summed E-state index contributed by atoms with van der Waals surface area (Å²) in [5, 5.41) is 0. The van der Waals surface area contributed by atoms with Crippen molar-refractivity contribution in [2.75, 3.05) is 50.8 Å². The molecule has 5 rings (SSSR count). The lowest BCUT2D eigenvalue weighted by atomic mass is 9.74. The number of carbonyl (C=O) groups excluding carboxylic acids is 3. The van der Waals surface area contributed by atoms with Crippen LogP contribution < -0.4 is 10.6 Å². The van der Waals surface area contributed by atoms with Crippen molar-refractivity contribution in [2.45, 2.75) is 76.9 Å². The average molecular weight is 525 g/mol. The Hall–Kier alpha value is -2.45. The molecule has 0 radical (unpaired) electrons. The van der Waals surface area contributed by atoms with Gasteiger partial charge in [0.1, 0.15) is 12.6 Å². The molecular formula is C30H44N4O4. The molecule has 0 unspecified atom stereocenters. The van der Waals surface area contributed by atoms with Gasteiger partial charge in [0.2, 0.25) is 11.8 Å². The van der Waals surface area contributed by atoms with Crippen LogP contribution in [-0.4, -0.2) is 85.4 Å². The Bertz CT molecular complexity index is 1030. The number of hydrogen-bond donors (Lipinski definition) is 1. The first kappa shape index (κ1) is 27.1. The van der Waals surface area contributed by atoms with E-state index in [0.29, 0.717) is 12.1 Å². The van der Waals surface area contributed by atoms with E-state index in [4.69, 9.17) is 10.5 Å². The first-order valence-electron chi connectivity index (χ1n) is 14.8. The minimum atomic E-state index is -0.509. The summed E-state index contributed by atoms with van der Waals surface area (Å²) < 4.78 is 5.86. The van der Waals surface area contributed by atoms with Gasteiger partial charge in [-0.1, -0.05) is 33.1 Å². The summed E-state index contributed by atoms with van der Waals surface area (Å²) in [6.45, 7) is 9.86. The maximum absolute atomic E-state index is 14.5. The number of piperazine rings is 1. The standard InChI is InChI=1S/C30H44N4O4/c1-3-12-32-13-15-33(16-14-32)22-10-11-23(29(31)36)24(17-22)26(21-8-6-5-7-9-21)30(37)34-18-20(4-2)28-27(34)25(35)19-38-28/h10-11,17,20-21,26-28H,3-9,12-16,18-19H2,1-2H3,(H2,31,36)/t20-,26+,27-,28-/m1/s1. The van der Waals surface area contributed by atoms with Crippen molar-refractivity contribution in [1.82, 2.24) is 9.80 Å². The second-order valence-corrected chi connectivity index (χ2v) is 11.7. The van der Waals surface area contributed by atoms with Crippen LogP contribution in [0.4, 0.5) is 5.69 Å². The second kappa shape index (κ2) is 11.7. The topological polar surface area (TPSA) is 96.2 Å². The highest BCUT2D eigenvalue weighted by Gasteiger charge is 2.53. The molecular weight excluding hydrogens is 480 g/mol. The maximum Gasteiger partial charge on any atom is 0.249 e. The third kappa shape index (κ3) is 5.22. The van der Waals surface area contributed by atoms with E-state index in [2.05, 4.69) is 29.7 Å². The number of ketones is 1. The van der Waals surface area contributed by atoms with Gasteiger partial charge in [0.25, 0.3) is 0 Å². The Morgan fingerprint density at radius 2 is 1.82 bits per heavy atom. The van der Waals surface area contributed by atoms with Crippen molar-refractivity contribution in [3.63, 3.8) is 0 Å². The van der Waals surface area contributed by atoms with Crippen molar-refractivity contribution in [3.8, 4) is 0 Å². The number of rotatable bonds is 8. The summed E-state index contributed by atoms with van der Waals surface area (Å²) in [5.74, 6) is -0.737. The lowest BCUT2D eigenvalue weighted by Gasteiger charge is -2.37. The second-order valence-electron chi connectivity index (χ2n) is 11.7. The number of likely N-dealkylation sites (tertiary alicyclic amines) is 1. The summed E-state index contributed by atoms with van der Waals surface area (Å²) in [6.07, 6.45) is 6.99. The van der Waals surface area contributed by atoms with Crippen LogP contribution in [0.15, 0.2) is 18.2 Å². The van der Waals surface area contributed by atoms with E-state index in [1.807, 2.05) is 12.1 Å². The summed E-state index contributed by atoms with van der Waals surface area (Å²) in [4.78, 5) is 46.7. The van der Waals surface area contributed by atoms with E-state index < -0.39 is 17.9 Å². The van der Waals surface area contributed by atoms with Crippen molar-refractivity contribution in [1.29, 1.82) is 0 Å². The number of Topliss-reactive ketones (excluding diaryl/α,β-unsaturated/α-hetero) is 1.